The first kappa shape index (κ1) is 85.3. The van der Waals surface area contributed by atoms with E-state index in [-0.39, 0.29) is 129 Å². The Bertz CT molecular complexity index is 3200. The molecule has 2 aromatic rings. The Morgan fingerprint density at radius 3 is 1.14 bits per heavy atom. The molecule has 0 bridgehead atoms. The fraction of sp³-hybridized carbons (Fsp3) is 0.439. The molecule has 520 valence electrons. The first-order chi connectivity index (χ1) is 45.1. The summed E-state index contributed by atoms with van der Waals surface area (Å²) < 4.78 is 23.8. The minimum absolute atomic E-state index is 0.00261. The van der Waals surface area contributed by atoms with Gasteiger partial charge in [0.25, 0.3) is 59.1 Å². The molecular weight excluding hydrogens is 1690 g/mol. The van der Waals surface area contributed by atoms with Crippen molar-refractivity contribution >= 4 is 206 Å². The molecule has 5 aliphatic rings. The van der Waals surface area contributed by atoms with Gasteiger partial charge in [0.05, 0.1) is 36.6 Å². The summed E-state index contributed by atoms with van der Waals surface area (Å²) in [6, 6.07) is 10.8. The molecule has 5 fully saturated rings. The molecule has 0 aliphatic carbocycles. The van der Waals surface area contributed by atoms with Gasteiger partial charge in [-0.3, -0.25) is 62.3 Å². The number of rotatable bonds is 23. The number of unbranched alkanes of at least 4 members (excludes halogenated alkanes) is 2. The van der Waals surface area contributed by atoms with E-state index in [2.05, 4.69) is 70.7 Å². The summed E-state index contributed by atoms with van der Waals surface area (Å²) in [5, 5.41) is 11.2. The van der Waals surface area contributed by atoms with E-state index in [1.165, 1.54) is 48.5 Å². The van der Waals surface area contributed by atoms with Gasteiger partial charge in [0.2, 0.25) is 17.7 Å². The van der Waals surface area contributed by atoms with Crippen LogP contribution in [0.3, 0.4) is 0 Å². The van der Waals surface area contributed by atoms with Crippen LogP contribution in [-0.2, 0) is 111 Å². The molecule has 5 aliphatic heterocycles. The van der Waals surface area contributed by atoms with Gasteiger partial charge in [-0.15, -0.1) is 25.3 Å². The number of hydrogen-bond donors (Lipinski definition) is 3. The van der Waals surface area contributed by atoms with Gasteiger partial charge in [-0.2, -0.15) is 0 Å². The number of amides is 13. The summed E-state index contributed by atoms with van der Waals surface area (Å²) in [6.07, 6.45) is 3.02. The van der Waals surface area contributed by atoms with Crippen molar-refractivity contribution in [1.82, 2.24) is 35.9 Å². The lowest BCUT2D eigenvalue weighted by Crippen LogP contribution is -2.34. The molecule has 0 saturated carbocycles. The summed E-state index contributed by atoms with van der Waals surface area (Å²) in [5.41, 5.74) is 0.738. The monoisotopic (exact) mass is 1760 g/mol. The number of carbonyl (C=O) groups is 18. The van der Waals surface area contributed by atoms with Crippen LogP contribution in [0.4, 0.5) is 5.69 Å². The van der Waals surface area contributed by atoms with Crippen LogP contribution in [0.25, 0.3) is 0 Å². The maximum Gasteiger partial charge on any atom is 0.363 e. The molecular formula is C57H68BrI3N8O25S. The number of hydroxylamine groups is 10. The topological polar surface area (TPSA) is 440 Å². The summed E-state index contributed by atoms with van der Waals surface area (Å²) in [5.74, 6) is -9.10. The molecule has 95 heavy (non-hydrogen) atoms. The average Bonchev–Trinajstić information content (AvgIpc) is 2.03. The van der Waals surface area contributed by atoms with E-state index in [0.717, 1.165) is 18.2 Å². The third-order valence-electron chi connectivity index (χ3n) is 11.7. The summed E-state index contributed by atoms with van der Waals surface area (Å²) >= 11 is 9.01. The van der Waals surface area contributed by atoms with Gasteiger partial charge in [-0.1, -0.05) is 117 Å². The van der Waals surface area contributed by atoms with Crippen LogP contribution in [0, 0.1) is 0 Å². The van der Waals surface area contributed by atoms with Crippen LogP contribution in [-0.4, -0.2) is 173 Å². The van der Waals surface area contributed by atoms with Crippen molar-refractivity contribution in [3.63, 3.8) is 0 Å². The summed E-state index contributed by atoms with van der Waals surface area (Å²) in [4.78, 5) is 227. The van der Waals surface area contributed by atoms with E-state index in [0.29, 0.717) is 52.8 Å². The summed E-state index contributed by atoms with van der Waals surface area (Å²) in [6.45, 7) is 9.46. The molecule has 0 aromatic heterocycles. The van der Waals surface area contributed by atoms with E-state index in [1.54, 1.807) is 6.92 Å². The molecule has 0 atom stereocenters. The van der Waals surface area contributed by atoms with Crippen LogP contribution < -0.4 is 16.0 Å². The number of nitrogens with zero attached hydrogens (tertiary/aromatic N) is 5. The molecule has 33 nitrogen and oxygen atoms in total. The van der Waals surface area contributed by atoms with Gasteiger partial charge >= 0.3 is 29.8 Å². The fourth-order valence-corrected chi connectivity index (χ4v) is 8.35. The maximum absolute atomic E-state index is 11.8. The van der Waals surface area contributed by atoms with E-state index >= 15 is 0 Å². The minimum Gasteiger partial charge on any atom is -0.355 e. The molecule has 38 heteroatoms. The van der Waals surface area contributed by atoms with Crippen molar-refractivity contribution in [2.24, 2.45) is 0 Å². The number of anilines is 1. The Morgan fingerprint density at radius 2 is 0.800 bits per heavy atom. The number of imide groups is 5. The number of benzene rings is 2. The number of halogens is 4. The number of alkyl halides is 4. The molecule has 2 aromatic carbocycles. The predicted octanol–water partition coefficient (Wildman–Crippen LogP) is 4.39. The lowest BCUT2D eigenvalue weighted by atomic mass is 10.2. The number of carbonyl (C=O) groups excluding carboxylic acids is 18. The van der Waals surface area contributed by atoms with Gasteiger partial charge < -0.3 is 40.1 Å². The molecule has 0 spiro atoms. The van der Waals surface area contributed by atoms with Gasteiger partial charge in [-0.25, -0.2) is 32.4 Å². The number of nitrogens with one attached hydrogen (secondary N) is 3. The van der Waals surface area contributed by atoms with E-state index < -0.39 is 98.8 Å². The first-order valence-electron chi connectivity index (χ1n) is 28.4. The Balaban J connectivity index is 0.000000592. The van der Waals surface area contributed by atoms with Gasteiger partial charge in [0.1, 0.15) is 0 Å². The van der Waals surface area contributed by atoms with Crippen LogP contribution in [0.2, 0.25) is 0 Å². The second kappa shape index (κ2) is 45.6. The van der Waals surface area contributed by atoms with Crippen LogP contribution in [0.5, 0.6) is 0 Å². The molecule has 0 radical (unpaired) electrons. The van der Waals surface area contributed by atoms with Crippen LogP contribution in [0.1, 0.15) is 144 Å². The van der Waals surface area contributed by atoms with E-state index in [4.69, 9.17) is 14.5 Å². The SMILES string of the molecule is C=CS(=O)(=O)c1ccc(C(=O)ON2C(=O)CCC2=O)cc1.CC.CCC(=O)ON1C(=O)CCC1=O.CI.O=C(CBr)NCCC(=O)ON1C(=O)CCC1=O.O=C(CI)NCCCCCC(=O)ON1C(=O)CCC1=O.O=C(CI)Nc1ccc(C(=O)ON2C(=O)CCC2=O)cc1. The van der Waals surface area contributed by atoms with Gasteiger partial charge in [-0.05, 0) is 66.3 Å². The molecule has 0 unspecified atom stereocenters. The van der Waals surface area contributed by atoms with Gasteiger partial charge in [0, 0.05) is 101 Å². The van der Waals surface area contributed by atoms with Crippen molar-refractivity contribution < 1.29 is 119 Å². The number of hydrogen-bond acceptors (Lipinski definition) is 25. The highest BCUT2D eigenvalue weighted by molar-refractivity contribution is 14.1. The molecule has 13 amide bonds. The highest BCUT2D eigenvalue weighted by atomic mass is 127. The van der Waals surface area contributed by atoms with Crippen molar-refractivity contribution in [3.05, 3.63) is 71.6 Å². The molecule has 5 saturated heterocycles. The quantitative estimate of drug-likeness (QED) is 0.0601. The second-order valence-electron chi connectivity index (χ2n) is 18.4. The van der Waals surface area contributed by atoms with Crippen molar-refractivity contribution in [2.45, 2.75) is 128 Å². The molecule has 3 N–H and O–H groups in total. The highest BCUT2D eigenvalue weighted by Crippen LogP contribution is 2.20. The highest BCUT2D eigenvalue weighted by Gasteiger charge is 2.37. The fourth-order valence-electron chi connectivity index (χ4n) is 6.98. The van der Waals surface area contributed by atoms with E-state index in [1.807, 2.05) is 64.0 Å². The van der Waals surface area contributed by atoms with Crippen molar-refractivity contribution in [2.75, 3.05) is 37.5 Å². The lowest BCUT2D eigenvalue weighted by Gasteiger charge is -2.12. The molecule has 7 rings (SSSR count). The Morgan fingerprint density at radius 1 is 0.474 bits per heavy atom. The van der Waals surface area contributed by atoms with Crippen LogP contribution in [0.15, 0.2) is 65.4 Å². The minimum atomic E-state index is -3.59. The third kappa shape index (κ3) is 30.7. The van der Waals surface area contributed by atoms with E-state index in [9.17, 15) is 94.7 Å². The van der Waals surface area contributed by atoms with Crippen LogP contribution >= 0.6 is 83.7 Å². The smallest absolute Gasteiger partial charge is 0.355 e. The average molecular weight is 1760 g/mol. The lowest BCUT2D eigenvalue weighted by molar-refractivity contribution is -0.197. The first-order valence-corrected chi connectivity index (χ1v) is 36.3. The zero-order chi connectivity index (χ0) is 72.0. The largest absolute Gasteiger partial charge is 0.363 e. The Labute approximate surface area is 593 Å². The van der Waals surface area contributed by atoms with Gasteiger partial charge in [0.15, 0.2) is 9.84 Å². The standard InChI is InChI=1S/C13H11IN2O5.C13H11NO6S.C12H17IN2O5.C9H11BrN2O5.C7H9NO4.C2H6.CH3I/c14-7-10(17)15-9-3-1-8(2-4-9)13(20)21-16-11(18)5-6-12(16)19;1-2-21(18,19)10-5-3-9(4-6-10)13(17)20-14-11(15)7-8-12(14)16;13-8-9(16)14-7-3-1-2-4-12(19)20-15-10(17)5-6-11(15)18;10-5-6(13)11-4-3-9(16)17-12-7(14)1-2-8(12)15;1-2-7(11)12-8-5(9)3-4-6(8)10;2*1-2/h1-4H,5-7H2,(H,15,17);2-6H,1,7-8H2;1-8H2,(H,14,16);1-5H2,(H,11,13);2-4H2,1H3;1-2H3;1H3. The predicted molar refractivity (Wildman–Crippen MR) is 356 cm³/mol. The third-order valence-corrected chi connectivity index (χ3v) is 14.9. The maximum atomic E-state index is 11.8. The normalized spacial score (nSPS) is 14.5. The zero-order valence-corrected chi connectivity index (χ0v) is 60.5. The van der Waals surface area contributed by atoms with Crippen molar-refractivity contribution in [3.8, 4) is 0 Å². The van der Waals surface area contributed by atoms with Crippen molar-refractivity contribution in [1.29, 1.82) is 0 Å². The Kier molecular flexibility index (Phi) is 40.9. The Hall–Kier alpha value is -7.74. The molecule has 5 heterocycles. The second-order valence-corrected chi connectivity index (χ2v) is 22.4. The number of sulfone groups is 1. The zero-order valence-electron chi connectivity index (χ0n) is 51.6. The summed E-state index contributed by atoms with van der Waals surface area (Å²) in [7, 11) is -3.59.